The third-order valence-corrected chi connectivity index (χ3v) is 5.00. The van der Waals surface area contributed by atoms with Crippen LogP contribution in [0.3, 0.4) is 0 Å². The molecule has 162 valence electrons. The van der Waals surface area contributed by atoms with Gasteiger partial charge >= 0.3 is 0 Å². The molecule has 2 aromatic carbocycles. The highest BCUT2D eigenvalue weighted by Gasteiger charge is 2.27. The largest absolute Gasteiger partial charge is 0.494 e. The van der Waals surface area contributed by atoms with Crippen LogP contribution in [-0.4, -0.2) is 45.2 Å². The molecule has 0 fully saturated rings. The molecule has 0 aliphatic carbocycles. The number of rotatable bonds is 11. The van der Waals surface area contributed by atoms with Crippen molar-refractivity contribution < 1.29 is 22.7 Å². The molecule has 8 nitrogen and oxygen atoms in total. The van der Waals surface area contributed by atoms with E-state index in [9.17, 15) is 18.0 Å². The number of primary amides is 1. The normalized spacial score (nSPS) is 13.3. The fraction of sp³-hybridized carbons (Fsp3) is 0.333. The van der Waals surface area contributed by atoms with Crippen molar-refractivity contribution in [2.24, 2.45) is 5.73 Å². The molecule has 2 aromatic rings. The Morgan fingerprint density at radius 1 is 0.967 bits per heavy atom. The van der Waals surface area contributed by atoms with Crippen LogP contribution in [0.4, 0.5) is 0 Å². The lowest BCUT2D eigenvalue weighted by atomic mass is 10.0. The predicted molar refractivity (Wildman–Crippen MR) is 114 cm³/mol. The third-order valence-electron chi connectivity index (χ3n) is 4.29. The zero-order valence-corrected chi connectivity index (χ0v) is 17.8. The number of amides is 2. The van der Waals surface area contributed by atoms with Crippen molar-refractivity contribution in [2.75, 3.05) is 12.9 Å². The Hall–Kier alpha value is -2.91. The average molecular weight is 434 g/mol. The molecule has 0 unspecified atom stereocenters. The first-order valence-electron chi connectivity index (χ1n) is 9.50. The van der Waals surface area contributed by atoms with E-state index in [-0.39, 0.29) is 12.8 Å². The molecule has 0 aromatic heterocycles. The summed E-state index contributed by atoms with van der Waals surface area (Å²) in [5.74, 6) is -0.657. The number of ether oxygens (including phenoxy) is 1. The molecule has 4 N–H and O–H groups in total. The molecule has 2 amide bonds. The van der Waals surface area contributed by atoms with Crippen molar-refractivity contribution in [3.63, 3.8) is 0 Å². The summed E-state index contributed by atoms with van der Waals surface area (Å²) in [6.07, 6.45) is 1.28. The Kier molecular flexibility index (Phi) is 8.37. The highest BCUT2D eigenvalue weighted by atomic mass is 32.2. The average Bonchev–Trinajstić information content (AvgIpc) is 2.68. The van der Waals surface area contributed by atoms with Crippen molar-refractivity contribution in [3.8, 4) is 5.75 Å². The molecule has 2 atom stereocenters. The molecule has 0 radical (unpaired) electrons. The minimum absolute atomic E-state index is 0.0993. The van der Waals surface area contributed by atoms with E-state index in [1.807, 2.05) is 37.3 Å². The van der Waals surface area contributed by atoms with Crippen LogP contribution >= 0.6 is 0 Å². The van der Waals surface area contributed by atoms with Gasteiger partial charge in [0, 0.05) is 6.42 Å². The standard InChI is InChI=1S/C21H27N3O5S/c1-3-29-17-11-9-16(10-12-17)14-19(24-30(2,27)28)21(26)23-18(20(22)25)13-15-7-5-4-6-8-15/h4-12,18-19,24H,3,13-14H2,1-2H3,(H2,22,25)(H,23,26)/t18-,19+/m0/s1. The molecule has 0 aliphatic rings. The van der Waals surface area contributed by atoms with Crippen LogP contribution < -0.4 is 20.5 Å². The molecule has 9 heteroatoms. The summed E-state index contributed by atoms with van der Waals surface area (Å²) >= 11 is 0. The fourth-order valence-electron chi connectivity index (χ4n) is 2.92. The summed E-state index contributed by atoms with van der Waals surface area (Å²) in [5, 5.41) is 2.57. The van der Waals surface area contributed by atoms with Gasteiger partial charge < -0.3 is 15.8 Å². The van der Waals surface area contributed by atoms with Gasteiger partial charge in [-0.3, -0.25) is 9.59 Å². The highest BCUT2D eigenvalue weighted by molar-refractivity contribution is 7.88. The predicted octanol–water partition coefficient (Wildman–Crippen LogP) is 0.758. The second kappa shape index (κ2) is 10.7. The first-order valence-corrected chi connectivity index (χ1v) is 11.4. The van der Waals surface area contributed by atoms with Gasteiger partial charge in [0.15, 0.2) is 0 Å². The molecule has 0 aliphatic heterocycles. The van der Waals surface area contributed by atoms with Gasteiger partial charge in [0.1, 0.15) is 17.8 Å². The van der Waals surface area contributed by atoms with Crippen molar-refractivity contribution in [2.45, 2.75) is 31.8 Å². The van der Waals surface area contributed by atoms with Gasteiger partial charge in [0.05, 0.1) is 12.9 Å². The zero-order chi connectivity index (χ0) is 22.1. The van der Waals surface area contributed by atoms with Gasteiger partial charge in [-0.25, -0.2) is 13.1 Å². The first kappa shape index (κ1) is 23.4. The van der Waals surface area contributed by atoms with E-state index in [1.165, 1.54) is 0 Å². The third kappa shape index (κ3) is 7.84. The Balaban J connectivity index is 2.15. The topological polar surface area (TPSA) is 128 Å². The minimum Gasteiger partial charge on any atom is -0.494 e. The summed E-state index contributed by atoms with van der Waals surface area (Å²) < 4.78 is 31.3. The van der Waals surface area contributed by atoms with Crippen molar-refractivity contribution in [1.29, 1.82) is 0 Å². The maximum absolute atomic E-state index is 12.8. The first-order chi connectivity index (χ1) is 14.2. The number of benzene rings is 2. The second-order valence-corrected chi connectivity index (χ2v) is 8.66. The Labute approximate surface area is 176 Å². The molecule has 0 saturated heterocycles. The maximum atomic E-state index is 12.8. The van der Waals surface area contributed by atoms with Crippen LogP contribution in [-0.2, 0) is 32.5 Å². The van der Waals surface area contributed by atoms with E-state index in [4.69, 9.17) is 10.5 Å². The fourth-order valence-corrected chi connectivity index (χ4v) is 3.62. The summed E-state index contributed by atoms with van der Waals surface area (Å²) in [5.41, 5.74) is 7.00. The molecular formula is C21H27N3O5S. The summed E-state index contributed by atoms with van der Waals surface area (Å²) in [6.45, 7) is 2.39. The molecular weight excluding hydrogens is 406 g/mol. The van der Waals surface area contributed by atoms with E-state index in [0.29, 0.717) is 12.4 Å². The van der Waals surface area contributed by atoms with Crippen molar-refractivity contribution >= 4 is 21.8 Å². The van der Waals surface area contributed by atoms with E-state index in [2.05, 4.69) is 10.0 Å². The van der Waals surface area contributed by atoms with E-state index in [0.717, 1.165) is 17.4 Å². The van der Waals surface area contributed by atoms with Gasteiger partial charge in [-0.2, -0.15) is 0 Å². The van der Waals surface area contributed by atoms with Crippen molar-refractivity contribution in [1.82, 2.24) is 10.0 Å². The summed E-state index contributed by atoms with van der Waals surface area (Å²) in [7, 11) is -3.67. The van der Waals surface area contributed by atoms with Crippen LogP contribution in [0.5, 0.6) is 5.75 Å². The monoisotopic (exact) mass is 433 g/mol. The SMILES string of the molecule is CCOc1ccc(C[C@@H](NS(C)(=O)=O)C(=O)N[C@@H](Cc2ccccc2)C(N)=O)cc1. The Morgan fingerprint density at radius 3 is 2.07 bits per heavy atom. The van der Waals surface area contributed by atoms with Gasteiger partial charge in [-0.15, -0.1) is 0 Å². The van der Waals surface area contributed by atoms with Gasteiger partial charge in [0.25, 0.3) is 0 Å². The lowest BCUT2D eigenvalue weighted by Gasteiger charge is -2.21. The van der Waals surface area contributed by atoms with Crippen LogP contribution in [0.2, 0.25) is 0 Å². The van der Waals surface area contributed by atoms with Crippen LogP contribution in [0.1, 0.15) is 18.1 Å². The summed E-state index contributed by atoms with van der Waals surface area (Å²) in [4.78, 5) is 24.7. The number of carbonyl (C=O) groups excluding carboxylic acids is 2. The minimum atomic E-state index is -3.67. The van der Waals surface area contributed by atoms with Crippen LogP contribution in [0.25, 0.3) is 0 Å². The smallest absolute Gasteiger partial charge is 0.240 e. The number of carbonyl (C=O) groups is 2. The second-order valence-electron chi connectivity index (χ2n) is 6.88. The van der Waals surface area contributed by atoms with Crippen LogP contribution in [0.15, 0.2) is 54.6 Å². The number of hydrogen-bond donors (Lipinski definition) is 3. The number of nitrogens with one attached hydrogen (secondary N) is 2. The van der Waals surface area contributed by atoms with Gasteiger partial charge in [-0.05, 0) is 36.6 Å². The lowest BCUT2D eigenvalue weighted by molar-refractivity contribution is -0.128. The van der Waals surface area contributed by atoms with Crippen LogP contribution in [0, 0.1) is 0 Å². The highest BCUT2D eigenvalue weighted by Crippen LogP contribution is 2.14. The van der Waals surface area contributed by atoms with Gasteiger partial charge in [0.2, 0.25) is 21.8 Å². The zero-order valence-electron chi connectivity index (χ0n) is 17.0. The van der Waals surface area contributed by atoms with E-state index < -0.39 is 33.9 Å². The maximum Gasteiger partial charge on any atom is 0.240 e. The molecule has 2 rings (SSSR count). The van der Waals surface area contributed by atoms with Gasteiger partial charge in [-0.1, -0.05) is 42.5 Å². The Morgan fingerprint density at radius 2 is 1.53 bits per heavy atom. The number of nitrogens with two attached hydrogens (primary N) is 1. The van der Waals surface area contributed by atoms with Crippen molar-refractivity contribution in [3.05, 3.63) is 65.7 Å². The molecule has 0 spiro atoms. The quantitative estimate of drug-likeness (QED) is 0.482. The Bertz CT molecular complexity index is 946. The summed E-state index contributed by atoms with van der Waals surface area (Å²) in [6, 6.07) is 14.0. The molecule has 0 saturated carbocycles. The molecule has 0 heterocycles. The molecule has 30 heavy (non-hydrogen) atoms. The van der Waals surface area contributed by atoms with E-state index in [1.54, 1.807) is 24.3 Å². The van der Waals surface area contributed by atoms with E-state index >= 15 is 0 Å². The number of sulfonamides is 1. The molecule has 0 bridgehead atoms. The number of hydrogen-bond acceptors (Lipinski definition) is 5. The lowest BCUT2D eigenvalue weighted by Crippen LogP contribution is -2.54.